The van der Waals surface area contributed by atoms with Gasteiger partial charge in [-0.1, -0.05) is 19.9 Å². The first-order valence-corrected chi connectivity index (χ1v) is 7.53. The first kappa shape index (κ1) is 14.2. The predicted octanol–water partition coefficient (Wildman–Crippen LogP) is 2.97. The van der Waals surface area contributed by atoms with Crippen LogP contribution in [0.2, 0.25) is 0 Å². The monoisotopic (exact) mass is 262 g/mol. The van der Waals surface area contributed by atoms with Gasteiger partial charge in [-0.05, 0) is 49.9 Å². The molecule has 0 fully saturated rings. The maximum absolute atomic E-state index is 6.05. The lowest BCUT2D eigenvalue weighted by atomic mass is 10.1. The molecule has 1 aromatic rings. The number of anilines is 1. The van der Waals surface area contributed by atoms with Crippen LogP contribution in [0.15, 0.2) is 18.2 Å². The molecule has 2 rings (SSSR count). The van der Waals surface area contributed by atoms with E-state index in [4.69, 9.17) is 10.5 Å². The van der Waals surface area contributed by atoms with Crippen LogP contribution >= 0.6 is 0 Å². The van der Waals surface area contributed by atoms with Crippen LogP contribution in [0.3, 0.4) is 0 Å². The van der Waals surface area contributed by atoms with Crippen LogP contribution in [0.1, 0.15) is 38.7 Å². The van der Waals surface area contributed by atoms with Gasteiger partial charge in [-0.15, -0.1) is 0 Å². The molecule has 2 N–H and O–H groups in total. The second kappa shape index (κ2) is 6.80. The Morgan fingerprint density at radius 1 is 1.32 bits per heavy atom. The molecule has 19 heavy (non-hydrogen) atoms. The standard InChI is InChI=1S/C16H26N2O/c1-3-13-7-8-16-15(11-13)18(10-6-5-9-17)12-14(4-2)19-16/h7-8,11,14H,3-6,9-10,12,17H2,1-2H3. The quantitative estimate of drug-likeness (QED) is 0.801. The number of hydrogen-bond donors (Lipinski definition) is 1. The fourth-order valence-corrected chi connectivity index (χ4v) is 2.56. The highest BCUT2D eigenvalue weighted by atomic mass is 16.5. The van der Waals surface area contributed by atoms with Crippen molar-refractivity contribution in [3.05, 3.63) is 23.8 Å². The number of benzene rings is 1. The van der Waals surface area contributed by atoms with Gasteiger partial charge in [0.25, 0.3) is 0 Å². The summed E-state index contributed by atoms with van der Waals surface area (Å²) in [6, 6.07) is 6.59. The summed E-state index contributed by atoms with van der Waals surface area (Å²) in [6.45, 7) is 7.25. The van der Waals surface area contributed by atoms with Gasteiger partial charge in [-0.25, -0.2) is 0 Å². The summed E-state index contributed by atoms with van der Waals surface area (Å²) < 4.78 is 6.05. The SMILES string of the molecule is CCc1ccc2c(c1)N(CCCCN)CC(CC)O2. The van der Waals surface area contributed by atoms with Crippen molar-refractivity contribution in [2.24, 2.45) is 5.73 Å². The van der Waals surface area contributed by atoms with Gasteiger partial charge in [-0.3, -0.25) is 0 Å². The minimum Gasteiger partial charge on any atom is -0.486 e. The zero-order valence-corrected chi connectivity index (χ0v) is 12.2. The molecule has 0 saturated carbocycles. The molecule has 1 unspecified atom stereocenters. The van der Waals surface area contributed by atoms with E-state index in [1.54, 1.807) is 0 Å². The second-order valence-electron chi connectivity index (χ2n) is 5.25. The molecule has 0 aromatic heterocycles. The molecule has 0 bridgehead atoms. The van der Waals surface area contributed by atoms with Crippen LogP contribution in [0, 0.1) is 0 Å². The van der Waals surface area contributed by atoms with E-state index in [0.717, 1.165) is 51.1 Å². The summed E-state index contributed by atoms with van der Waals surface area (Å²) in [5, 5.41) is 0. The van der Waals surface area contributed by atoms with E-state index in [-0.39, 0.29) is 0 Å². The Labute approximate surface area is 116 Å². The van der Waals surface area contributed by atoms with E-state index in [0.29, 0.717) is 6.10 Å². The Morgan fingerprint density at radius 2 is 2.16 bits per heavy atom. The molecule has 3 nitrogen and oxygen atoms in total. The van der Waals surface area contributed by atoms with Crippen molar-refractivity contribution in [3.63, 3.8) is 0 Å². The van der Waals surface area contributed by atoms with E-state index >= 15 is 0 Å². The van der Waals surface area contributed by atoms with Crippen molar-refractivity contribution in [2.75, 3.05) is 24.5 Å². The number of nitrogens with zero attached hydrogens (tertiary/aromatic N) is 1. The zero-order chi connectivity index (χ0) is 13.7. The van der Waals surface area contributed by atoms with Gasteiger partial charge in [0.15, 0.2) is 0 Å². The van der Waals surface area contributed by atoms with Crippen LogP contribution in [-0.2, 0) is 6.42 Å². The Kier molecular flexibility index (Phi) is 5.08. The maximum Gasteiger partial charge on any atom is 0.143 e. The fraction of sp³-hybridized carbons (Fsp3) is 0.625. The smallest absolute Gasteiger partial charge is 0.143 e. The van der Waals surface area contributed by atoms with Crippen LogP contribution in [0.25, 0.3) is 0 Å². The summed E-state index contributed by atoms with van der Waals surface area (Å²) in [6.07, 6.45) is 4.70. The number of aryl methyl sites for hydroxylation is 1. The van der Waals surface area contributed by atoms with Crippen LogP contribution in [-0.4, -0.2) is 25.7 Å². The molecule has 1 heterocycles. The van der Waals surface area contributed by atoms with Gasteiger partial charge < -0.3 is 15.4 Å². The van der Waals surface area contributed by atoms with Gasteiger partial charge in [0.2, 0.25) is 0 Å². The summed E-state index contributed by atoms with van der Waals surface area (Å²) in [4.78, 5) is 2.47. The highest BCUT2D eigenvalue weighted by molar-refractivity contribution is 5.61. The molecule has 1 atom stereocenters. The zero-order valence-electron chi connectivity index (χ0n) is 12.2. The lowest BCUT2D eigenvalue weighted by Gasteiger charge is -2.36. The third kappa shape index (κ3) is 3.41. The summed E-state index contributed by atoms with van der Waals surface area (Å²) in [7, 11) is 0. The summed E-state index contributed by atoms with van der Waals surface area (Å²) in [5.74, 6) is 1.04. The summed E-state index contributed by atoms with van der Waals surface area (Å²) in [5.41, 5.74) is 8.24. The number of ether oxygens (including phenoxy) is 1. The molecule has 0 saturated heterocycles. The summed E-state index contributed by atoms with van der Waals surface area (Å²) >= 11 is 0. The van der Waals surface area contributed by atoms with Crippen molar-refractivity contribution < 1.29 is 4.74 Å². The third-order valence-corrected chi connectivity index (χ3v) is 3.83. The maximum atomic E-state index is 6.05. The van der Waals surface area contributed by atoms with E-state index in [1.807, 2.05) is 0 Å². The van der Waals surface area contributed by atoms with E-state index in [9.17, 15) is 0 Å². The Bertz CT molecular complexity index is 406. The largest absolute Gasteiger partial charge is 0.486 e. The van der Waals surface area contributed by atoms with Crippen LogP contribution in [0.4, 0.5) is 5.69 Å². The molecular formula is C16H26N2O. The van der Waals surface area contributed by atoms with Gasteiger partial charge in [0, 0.05) is 6.54 Å². The molecule has 3 heteroatoms. The minimum absolute atomic E-state index is 0.317. The molecule has 1 aromatic carbocycles. The number of nitrogens with two attached hydrogens (primary N) is 1. The first-order chi connectivity index (χ1) is 9.28. The van der Waals surface area contributed by atoms with Crippen molar-refractivity contribution in [1.82, 2.24) is 0 Å². The number of fused-ring (bicyclic) bond motifs is 1. The van der Waals surface area contributed by atoms with Crippen molar-refractivity contribution in [1.29, 1.82) is 0 Å². The second-order valence-corrected chi connectivity index (χ2v) is 5.25. The third-order valence-electron chi connectivity index (χ3n) is 3.83. The van der Waals surface area contributed by atoms with Crippen molar-refractivity contribution in [2.45, 2.75) is 45.6 Å². The Balaban J connectivity index is 2.17. The normalized spacial score (nSPS) is 18.1. The molecule has 0 radical (unpaired) electrons. The van der Waals surface area contributed by atoms with E-state index in [2.05, 4.69) is 36.9 Å². The highest BCUT2D eigenvalue weighted by Crippen LogP contribution is 2.35. The lowest BCUT2D eigenvalue weighted by Crippen LogP contribution is -2.40. The first-order valence-electron chi connectivity index (χ1n) is 7.53. The van der Waals surface area contributed by atoms with E-state index < -0.39 is 0 Å². The van der Waals surface area contributed by atoms with Gasteiger partial charge >= 0.3 is 0 Å². The molecule has 106 valence electrons. The molecule has 0 amide bonds. The fourth-order valence-electron chi connectivity index (χ4n) is 2.56. The van der Waals surface area contributed by atoms with Gasteiger partial charge in [0.05, 0.1) is 12.2 Å². The highest BCUT2D eigenvalue weighted by Gasteiger charge is 2.24. The molecule has 0 aliphatic carbocycles. The van der Waals surface area contributed by atoms with Crippen molar-refractivity contribution in [3.8, 4) is 5.75 Å². The number of rotatable bonds is 6. The average molecular weight is 262 g/mol. The van der Waals surface area contributed by atoms with Gasteiger partial charge in [-0.2, -0.15) is 0 Å². The van der Waals surface area contributed by atoms with Crippen LogP contribution < -0.4 is 15.4 Å². The molecule has 0 spiro atoms. The molecule has 1 aliphatic heterocycles. The predicted molar refractivity (Wildman–Crippen MR) is 81.0 cm³/mol. The van der Waals surface area contributed by atoms with E-state index in [1.165, 1.54) is 11.3 Å². The van der Waals surface area contributed by atoms with Crippen LogP contribution in [0.5, 0.6) is 5.75 Å². The average Bonchev–Trinajstić information content (AvgIpc) is 2.46. The molecule has 1 aliphatic rings. The minimum atomic E-state index is 0.317. The van der Waals surface area contributed by atoms with Crippen molar-refractivity contribution >= 4 is 5.69 Å². The topological polar surface area (TPSA) is 38.5 Å². The molecular weight excluding hydrogens is 236 g/mol. The lowest BCUT2D eigenvalue weighted by molar-refractivity contribution is 0.189. The van der Waals surface area contributed by atoms with Gasteiger partial charge in [0.1, 0.15) is 11.9 Å². The number of unbranched alkanes of at least 4 members (excludes halogenated alkanes) is 1. The number of hydrogen-bond acceptors (Lipinski definition) is 3. The Hall–Kier alpha value is -1.22. The Morgan fingerprint density at radius 3 is 2.84 bits per heavy atom.